The molecule has 3 rings (SSSR count). The van der Waals surface area contributed by atoms with Gasteiger partial charge in [0.15, 0.2) is 5.76 Å². The Labute approximate surface area is 145 Å². The van der Waals surface area contributed by atoms with Crippen molar-refractivity contribution in [2.75, 3.05) is 0 Å². The number of carbonyl (C=O) groups is 1. The monoisotopic (exact) mass is 343 g/mol. The van der Waals surface area contributed by atoms with E-state index in [2.05, 4.69) is 10.4 Å². The van der Waals surface area contributed by atoms with Crippen molar-refractivity contribution in [3.63, 3.8) is 0 Å². The van der Waals surface area contributed by atoms with Crippen molar-refractivity contribution < 1.29 is 9.21 Å². The second-order valence-corrected chi connectivity index (χ2v) is 5.95. The number of halogens is 1. The highest BCUT2D eigenvalue weighted by atomic mass is 35.5. The van der Waals surface area contributed by atoms with E-state index in [0.717, 1.165) is 17.0 Å². The molecule has 1 aromatic carbocycles. The summed E-state index contributed by atoms with van der Waals surface area (Å²) in [4.78, 5) is 12.2. The van der Waals surface area contributed by atoms with Gasteiger partial charge in [-0.1, -0.05) is 41.9 Å². The molecule has 1 N–H and O–H groups in total. The zero-order valence-corrected chi connectivity index (χ0v) is 14.3. The molecule has 0 fully saturated rings. The van der Waals surface area contributed by atoms with E-state index in [0.29, 0.717) is 23.9 Å². The largest absolute Gasteiger partial charge is 0.454 e. The Kier molecular flexibility index (Phi) is 4.71. The number of aromatic nitrogens is 2. The van der Waals surface area contributed by atoms with E-state index in [9.17, 15) is 4.79 Å². The fourth-order valence-electron chi connectivity index (χ4n) is 2.43. The minimum atomic E-state index is -0.239. The lowest BCUT2D eigenvalue weighted by atomic mass is 10.2. The van der Waals surface area contributed by atoms with Crippen molar-refractivity contribution in [2.45, 2.75) is 26.9 Å². The van der Waals surface area contributed by atoms with Crippen LogP contribution in [0.25, 0.3) is 0 Å². The smallest absolute Gasteiger partial charge is 0.287 e. The van der Waals surface area contributed by atoms with Gasteiger partial charge in [-0.15, -0.1) is 0 Å². The molecule has 0 bridgehead atoms. The summed E-state index contributed by atoms with van der Waals surface area (Å²) in [5.74, 6) is 0.701. The normalized spacial score (nSPS) is 10.8. The third kappa shape index (κ3) is 3.51. The first-order chi connectivity index (χ1) is 11.5. The summed E-state index contributed by atoms with van der Waals surface area (Å²) in [6, 6.07) is 13.2. The molecule has 0 saturated heterocycles. The molecule has 1 amide bonds. The second-order valence-electron chi connectivity index (χ2n) is 5.58. The minimum Gasteiger partial charge on any atom is -0.454 e. The van der Waals surface area contributed by atoms with Gasteiger partial charge in [0.1, 0.15) is 5.76 Å². The average Bonchev–Trinajstić information content (AvgIpc) is 3.15. The number of furan rings is 1. The van der Waals surface area contributed by atoms with Gasteiger partial charge in [0.25, 0.3) is 5.91 Å². The summed E-state index contributed by atoms with van der Waals surface area (Å²) < 4.78 is 7.39. The number of aryl methyl sites for hydroxylation is 1. The molecule has 6 heteroatoms. The SMILES string of the molecule is Cc1nn(Cc2ccc(C(=O)NCc3ccccc3)o2)c(C)c1Cl. The molecular weight excluding hydrogens is 326 g/mol. The van der Waals surface area contributed by atoms with Gasteiger partial charge in [0.2, 0.25) is 0 Å². The van der Waals surface area contributed by atoms with Crippen molar-refractivity contribution in [3.8, 4) is 0 Å². The molecule has 2 aromatic heterocycles. The number of hydrogen-bond acceptors (Lipinski definition) is 3. The molecule has 24 heavy (non-hydrogen) atoms. The first kappa shape index (κ1) is 16.3. The number of carbonyl (C=O) groups excluding carboxylic acids is 1. The molecule has 0 atom stereocenters. The van der Waals surface area contributed by atoms with Crippen LogP contribution < -0.4 is 5.32 Å². The number of nitrogens with zero attached hydrogens (tertiary/aromatic N) is 2. The molecule has 2 heterocycles. The Morgan fingerprint density at radius 3 is 2.62 bits per heavy atom. The Morgan fingerprint density at radius 2 is 1.96 bits per heavy atom. The van der Waals surface area contributed by atoms with E-state index >= 15 is 0 Å². The van der Waals surface area contributed by atoms with Gasteiger partial charge in [-0.05, 0) is 31.5 Å². The zero-order valence-electron chi connectivity index (χ0n) is 13.5. The summed E-state index contributed by atoms with van der Waals surface area (Å²) in [5, 5.41) is 7.86. The highest BCUT2D eigenvalue weighted by Crippen LogP contribution is 2.20. The van der Waals surface area contributed by atoms with Crippen molar-refractivity contribution in [3.05, 3.63) is 76.0 Å². The maximum Gasteiger partial charge on any atom is 0.287 e. The van der Waals surface area contributed by atoms with Crippen LogP contribution in [-0.2, 0) is 13.1 Å². The molecule has 124 valence electrons. The van der Waals surface area contributed by atoms with E-state index in [1.807, 2.05) is 44.2 Å². The Hall–Kier alpha value is -2.53. The van der Waals surface area contributed by atoms with Gasteiger partial charge < -0.3 is 9.73 Å². The Bertz CT molecular complexity index is 853. The predicted molar refractivity (Wildman–Crippen MR) is 92.1 cm³/mol. The van der Waals surface area contributed by atoms with E-state index in [1.165, 1.54) is 0 Å². The second kappa shape index (κ2) is 6.93. The highest BCUT2D eigenvalue weighted by Gasteiger charge is 2.14. The maximum absolute atomic E-state index is 12.2. The molecule has 0 radical (unpaired) electrons. The van der Waals surface area contributed by atoms with Crippen molar-refractivity contribution in [1.82, 2.24) is 15.1 Å². The minimum absolute atomic E-state index is 0.239. The molecule has 0 aliphatic carbocycles. The number of rotatable bonds is 5. The summed E-state index contributed by atoms with van der Waals surface area (Å²) in [7, 11) is 0. The van der Waals surface area contributed by atoms with Gasteiger partial charge in [-0.2, -0.15) is 5.10 Å². The number of hydrogen-bond donors (Lipinski definition) is 1. The van der Waals surface area contributed by atoms with Crippen LogP contribution in [0.2, 0.25) is 5.02 Å². The Balaban J connectivity index is 1.64. The third-order valence-corrected chi connectivity index (χ3v) is 4.33. The van der Waals surface area contributed by atoms with Gasteiger partial charge in [-0.25, -0.2) is 0 Å². The molecule has 0 aliphatic rings. The molecule has 0 aliphatic heterocycles. The number of nitrogens with one attached hydrogen (secondary N) is 1. The van der Waals surface area contributed by atoms with E-state index in [4.69, 9.17) is 16.0 Å². The molecular formula is C18H18ClN3O2. The topological polar surface area (TPSA) is 60.1 Å². The van der Waals surface area contributed by atoms with E-state index < -0.39 is 0 Å². The van der Waals surface area contributed by atoms with Crippen molar-refractivity contribution >= 4 is 17.5 Å². The van der Waals surface area contributed by atoms with E-state index in [-0.39, 0.29) is 11.7 Å². The summed E-state index contributed by atoms with van der Waals surface area (Å²) in [5.41, 5.74) is 2.69. The van der Waals surface area contributed by atoms with Crippen LogP contribution in [0.3, 0.4) is 0 Å². The number of benzene rings is 1. The van der Waals surface area contributed by atoms with Crippen LogP contribution in [0.4, 0.5) is 0 Å². The van der Waals surface area contributed by atoms with Crippen LogP contribution in [0, 0.1) is 13.8 Å². The fourth-order valence-corrected chi connectivity index (χ4v) is 2.56. The summed E-state index contributed by atoms with van der Waals surface area (Å²) >= 11 is 6.14. The lowest BCUT2D eigenvalue weighted by molar-refractivity contribution is 0.0921. The van der Waals surface area contributed by atoms with Gasteiger partial charge in [-0.3, -0.25) is 9.48 Å². The van der Waals surface area contributed by atoms with Gasteiger partial charge in [0, 0.05) is 6.54 Å². The third-order valence-electron chi connectivity index (χ3n) is 3.78. The summed E-state index contributed by atoms with van der Waals surface area (Å²) in [6.07, 6.45) is 0. The van der Waals surface area contributed by atoms with Gasteiger partial charge in [0.05, 0.1) is 23.0 Å². The van der Waals surface area contributed by atoms with E-state index in [1.54, 1.807) is 16.8 Å². The highest BCUT2D eigenvalue weighted by molar-refractivity contribution is 6.31. The van der Waals surface area contributed by atoms with Gasteiger partial charge >= 0.3 is 0 Å². The van der Waals surface area contributed by atoms with Crippen LogP contribution in [-0.4, -0.2) is 15.7 Å². The predicted octanol–water partition coefficient (Wildman–Crippen LogP) is 3.72. The van der Waals surface area contributed by atoms with Crippen molar-refractivity contribution in [1.29, 1.82) is 0 Å². The molecule has 0 unspecified atom stereocenters. The standard InChI is InChI=1S/C18H18ClN3O2/c1-12-17(19)13(2)22(21-12)11-15-8-9-16(24-15)18(23)20-10-14-6-4-3-5-7-14/h3-9H,10-11H2,1-2H3,(H,20,23). The first-order valence-electron chi connectivity index (χ1n) is 7.65. The lowest BCUT2D eigenvalue weighted by Gasteiger charge is -2.04. The summed E-state index contributed by atoms with van der Waals surface area (Å²) in [6.45, 7) is 4.66. The lowest BCUT2D eigenvalue weighted by Crippen LogP contribution is -2.22. The van der Waals surface area contributed by atoms with Crippen LogP contribution in [0.5, 0.6) is 0 Å². The molecule has 5 nitrogen and oxygen atoms in total. The fraction of sp³-hybridized carbons (Fsp3) is 0.222. The van der Waals surface area contributed by atoms with Crippen molar-refractivity contribution in [2.24, 2.45) is 0 Å². The maximum atomic E-state index is 12.2. The average molecular weight is 344 g/mol. The quantitative estimate of drug-likeness (QED) is 0.768. The molecule has 0 saturated carbocycles. The van der Waals surface area contributed by atoms with Crippen LogP contribution in [0.15, 0.2) is 46.9 Å². The molecule has 0 spiro atoms. The zero-order chi connectivity index (χ0) is 17.1. The van der Waals surface area contributed by atoms with Crippen LogP contribution >= 0.6 is 11.6 Å². The first-order valence-corrected chi connectivity index (χ1v) is 8.02. The molecule has 3 aromatic rings. The number of amides is 1. The Morgan fingerprint density at radius 1 is 1.21 bits per heavy atom. The van der Waals surface area contributed by atoms with Crippen LogP contribution in [0.1, 0.15) is 33.3 Å².